The lowest BCUT2D eigenvalue weighted by Gasteiger charge is -2.08. The number of carbonyl (C=O) groups is 2. The topological polar surface area (TPSA) is 74.6 Å². The summed E-state index contributed by atoms with van der Waals surface area (Å²) in [7, 11) is 0. The van der Waals surface area contributed by atoms with E-state index < -0.39 is 11.9 Å². The van der Waals surface area contributed by atoms with Gasteiger partial charge in [-0.2, -0.15) is 0 Å². The minimum Gasteiger partial charge on any atom is -0.478 e. The molecule has 0 saturated heterocycles. The molecule has 2 rings (SSSR count). The third-order valence-electron chi connectivity index (χ3n) is 3.26. The lowest BCUT2D eigenvalue weighted by atomic mass is 9.97. The molecule has 0 radical (unpaired) electrons. The van der Waals surface area contributed by atoms with E-state index in [1.165, 1.54) is 6.07 Å². The number of rotatable bonds is 3. The third kappa shape index (κ3) is 2.54. The molecule has 2 aromatic carbocycles. The first-order chi connectivity index (χ1) is 9.40. The van der Waals surface area contributed by atoms with Crippen molar-refractivity contribution in [1.29, 1.82) is 0 Å². The molecule has 0 unspecified atom stereocenters. The Bertz CT molecular complexity index is 702. The normalized spacial score (nSPS) is 10.3. The Kier molecular flexibility index (Phi) is 3.57. The van der Waals surface area contributed by atoms with E-state index >= 15 is 0 Å². The van der Waals surface area contributed by atoms with Crippen LogP contribution in [0, 0.1) is 13.8 Å². The zero-order valence-electron chi connectivity index (χ0n) is 11.2. The molecule has 0 bridgehead atoms. The molecule has 0 aliphatic rings. The standard InChI is InChI=1S/C16H14O4/c1-9-3-4-12(8-14(9)16(19)20)11-5-6-13(15(17)18)10(2)7-11/h3-8H,1-2H3,(H,17,18)(H,19,20). The number of hydrogen-bond acceptors (Lipinski definition) is 2. The van der Waals surface area contributed by atoms with Crippen LogP contribution in [0.25, 0.3) is 11.1 Å². The molecule has 0 aliphatic heterocycles. The van der Waals surface area contributed by atoms with E-state index in [1.54, 1.807) is 38.1 Å². The van der Waals surface area contributed by atoms with E-state index in [0.29, 0.717) is 11.1 Å². The van der Waals surface area contributed by atoms with E-state index in [1.807, 2.05) is 6.07 Å². The van der Waals surface area contributed by atoms with Gasteiger partial charge in [-0.15, -0.1) is 0 Å². The fraction of sp³-hybridized carbons (Fsp3) is 0.125. The minimum atomic E-state index is -0.969. The SMILES string of the molecule is Cc1cc(-c2ccc(C)c(C(=O)O)c2)ccc1C(=O)O. The molecule has 0 aromatic heterocycles. The molecule has 102 valence electrons. The summed E-state index contributed by atoms with van der Waals surface area (Å²) >= 11 is 0. The van der Waals surface area contributed by atoms with Gasteiger partial charge < -0.3 is 10.2 Å². The van der Waals surface area contributed by atoms with Crippen LogP contribution < -0.4 is 0 Å². The Labute approximate surface area is 116 Å². The highest BCUT2D eigenvalue weighted by atomic mass is 16.4. The Morgan fingerprint density at radius 3 is 1.85 bits per heavy atom. The average molecular weight is 270 g/mol. The van der Waals surface area contributed by atoms with Gasteiger partial charge in [0.1, 0.15) is 0 Å². The summed E-state index contributed by atoms with van der Waals surface area (Å²) in [5.74, 6) is -1.94. The number of benzene rings is 2. The summed E-state index contributed by atoms with van der Waals surface area (Å²) < 4.78 is 0. The van der Waals surface area contributed by atoms with Crippen LogP contribution in [0.5, 0.6) is 0 Å². The van der Waals surface area contributed by atoms with Crippen molar-refractivity contribution >= 4 is 11.9 Å². The van der Waals surface area contributed by atoms with Crippen molar-refractivity contribution in [1.82, 2.24) is 0 Å². The van der Waals surface area contributed by atoms with Crippen LogP contribution >= 0.6 is 0 Å². The maximum atomic E-state index is 11.1. The third-order valence-corrected chi connectivity index (χ3v) is 3.26. The molecule has 0 atom stereocenters. The van der Waals surface area contributed by atoms with Crippen molar-refractivity contribution in [2.45, 2.75) is 13.8 Å². The minimum absolute atomic E-state index is 0.249. The summed E-state index contributed by atoms with van der Waals surface area (Å²) in [6, 6.07) is 10.2. The molecule has 20 heavy (non-hydrogen) atoms. The van der Waals surface area contributed by atoms with Crippen molar-refractivity contribution in [3.05, 3.63) is 58.7 Å². The van der Waals surface area contributed by atoms with Crippen molar-refractivity contribution in [3.8, 4) is 11.1 Å². The molecule has 0 fully saturated rings. The molecule has 4 heteroatoms. The predicted molar refractivity (Wildman–Crippen MR) is 75.3 cm³/mol. The summed E-state index contributed by atoms with van der Waals surface area (Å²) in [5, 5.41) is 18.1. The van der Waals surface area contributed by atoms with Gasteiger partial charge in [-0.25, -0.2) is 9.59 Å². The maximum Gasteiger partial charge on any atom is 0.335 e. The predicted octanol–water partition coefficient (Wildman–Crippen LogP) is 3.37. The quantitative estimate of drug-likeness (QED) is 0.896. The molecule has 0 aliphatic carbocycles. The van der Waals surface area contributed by atoms with Crippen molar-refractivity contribution in [2.75, 3.05) is 0 Å². The molecule has 0 heterocycles. The average Bonchev–Trinajstić information content (AvgIpc) is 2.38. The highest BCUT2D eigenvalue weighted by molar-refractivity contribution is 5.92. The number of carboxylic acid groups (broad SMARTS) is 2. The van der Waals surface area contributed by atoms with Crippen molar-refractivity contribution in [2.24, 2.45) is 0 Å². The lowest BCUT2D eigenvalue weighted by Crippen LogP contribution is -2.01. The zero-order chi connectivity index (χ0) is 14.9. The summed E-state index contributed by atoms with van der Waals surface area (Å²) in [6.07, 6.45) is 0. The van der Waals surface area contributed by atoms with E-state index in [4.69, 9.17) is 10.2 Å². The van der Waals surface area contributed by atoms with E-state index in [9.17, 15) is 9.59 Å². The van der Waals surface area contributed by atoms with E-state index in [-0.39, 0.29) is 11.1 Å². The van der Waals surface area contributed by atoms with Gasteiger partial charge in [0.25, 0.3) is 0 Å². The first-order valence-corrected chi connectivity index (χ1v) is 6.08. The van der Waals surface area contributed by atoms with Crippen LogP contribution in [-0.4, -0.2) is 22.2 Å². The van der Waals surface area contributed by atoms with Crippen molar-refractivity contribution < 1.29 is 19.8 Å². The second-order valence-electron chi connectivity index (χ2n) is 4.67. The first kappa shape index (κ1) is 13.8. The smallest absolute Gasteiger partial charge is 0.335 e. The monoisotopic (exact) mass is 270 g/mol. The number of carboxylic acids is 2. The van der Waals surface area contributed by atoms with E-state index in [2.05, 4.69) is 0 Å². The molecular formula is C16H14O4. The molecule has 2 aromatic rings. The van der Waals surface area contributed by atoms with Crippen LogP contribution in [0.3, 0.4) is 0 Å². The van der Waals surface area contributed by atoms with Gasteiger partial charge >= 0.3 is 11.9 Å². The lowest BCUT2D eigenvalue weighted by molar-refractivity contribution is 0.0685. The highest BCUT2D eigenvalue weighted by Gasteiger charge is 2.11. The number of aromatic carboxylic acids is 2. The summed E-state index contributed by atoms with van der Waals surface area (Å²) in [6.45, 7) is 3.46. The molecular weight excluding hydrogens is 256 g/mol. The Balaban J connectivity index is 2.52. The van der Waals surface area contributed by atoms with Crippen molar-refractivity contribution in [3.63, 3.8) is 0 Å². The van der Waals surface area contributed by atoms with Gasteiger partial charge in [0, 0.05) is 0 Å². The Morgan fingerprint density at radius 2 is 1.30 bits per heavy atom. The number of hydrogen-bond donors (Lipinski definition) is 2. The van der Waals surface area contributed by atoms with Crippen LogP contribution in [0.4, 0.5) is 0 Å². The zero-order valence-corrected chi connectivity index (χ0v) is 11.2. The summed E-state index contributed by atoms with van der Waals surface area (Å²) in [4.78, 5) is 22.1. The van der Waals surface area contributed by atoms with Gasteiger partial charge in [0.2, 0.25) is 0 Å². The number of aryl methyl sites for hydroxylation is 2. The first-order valence-electron chi connectivity index (χ1n) is 6.08. The van der Waals surface area contributed by atoms with Gasteiger partial charge in [-0.05, 0) is 48.2 Å². The molecule has 0 amide bonds. The van der Waals surface area contributed by atoms with E-state index in [0.717, 1.165) is 11.1 Å². The van der Waals surface area contributed by atoms with Gasteiger partial charge in [0.15, 0.2) is 0 Å². The second-order valence-corrected chi connectivity index (χ2v) is 4.67. The highest BCUT2D eigenvalue weighted by Crippen LogP contribution is 2.25. The molecule has 0 saturated carbocycles. The van der Waals surface area contributed by atoms with Gasteiger partial charge in [-0.3, -0.25) is 0 Å². The molecule has 4 nitrogen and oxygen atoms in total. The maximum absolute atomic E-state index is 11.1. The Morgan fingerprint density at radius 1 is 0.750 bits per heavy atom. The van der Waals surface area contributed by atoms with Crippen LogP contribution in [0.15, 0.2) is 36.4 Å². The fourth-order valence-corrected chi connectivity index (χ4v) is 2.12. The second kappa shape index (κ2) is 5.17. The van der Waals surface area contributed by atoms with Crippen LogP contribution in [0.1, 0.15) is 31.8 Å². The molecule has 2 N–H and O–H groups in total. The fourth-order valence-electron chi connectivity index (χ4n) is 2.12. The Hall–Kier alpha value is -2.62. The van der Waals surface area contributed by atoms with Crippen LogP contribution in [0.2, 0.25) is 0 Å². The molecule has 0 spiro atoms. The van der Waals surface area contributed by atoms with Crippen LogP contribution in [-0.2, 0) is 0 Å². The van der Waals surface area contributed by atoms with Gasteiger partial charge in [0.05, 0.1) is 11.1 Å². The summed E-state index contributed by atoms with van der Waals surface area (Å²) in [5.41, 5.74) is 3.40. The van der Waals surface area contributed by atoms with Gasteiger partial charge in [-0.1, -0.05) is 24.3 Å². The largest absolute Gasteiger partial charge is 0.478 e.